The zero-order valence-electron chi connectivity index (χ0n) is 12.6. The molecule has 2 N–H and O–H groups in total. The SMILES string of the molecule is C/C=C(\C)N=C(N)c1ccccc1Cl.C=CC.CC. The van der Waals surface area contributed by atoms with Crippen LogP contribution < -0.4 is 5.73 Å². The van der Waals surface area contributed by atoms with E-state index in [0.717, 1.165) is 11.3 Å². The maximum atomic E-state index is 5.97. The summed E-state index contributed by atoms with van der Waals surface area (Å²) in [6, 6.07) is 7.39. The van der Waals surface area contributed by atoms with Gasteiger partial charge in [-0.15, -0.1) is 6.58 Å². The molecule has 19 heavy (non-hydrogen) atoms. The smallest absolute Gasteiger partial charge is 0.132 e. The van der Waals surface area contributed by atoms with Crippen LogP contribution in [-0.4, -0.2) is 5.84 Å². The van der Waals surface area contributed by atoms with E-state index in [1.54, 1.807) is 12.1 Å². The molecule has 1 rings (SSSR count). The number of nitrogens with two attached hydrogens (primary N) is 1. The van der Waals surface area contributed by atoms with Gasteiger partial charge in [0.2, 0.25) is 0 Å². The highest BCUT2D eigenvalue weighted by molar-refractivity contribution is 6.34. The minimum absolute atomic E-state index is 0.450. The first kappa shape index (κ1) is 19.8. The Kier molecular flexibility index (Phi) is 13.4. The van der Waals surface area contributed by atoms with Crippen molar-refractivity contribution in [1.82, 2.24) is 0 Å². The number of nitrogens with zero attached hydrogens (tertiary/aromatic N) is 1. The molecule has 2 nitrogen and oxygen atoms in total. The van der Waals surface area contributed by atoms with Crippen LogP contribution >= 0.6 is 11.6 Å². The minimum atomic E-state index is 0.450. The Hall–Kier alpha value is -1.54. The molecule has 3 heteroatoms. The fourth-order valence-corrected chi connectivity index (χ4v) is 1.22. The summed E-state index contributed by atoms with van der Waals surface area (Å²) >= 11 is 5.97. The molecule has 0 heterocycles. The molecule has 0 saturated heterocycles. The first-order valence-corrected chi connectivity index (χ1v) is 6.73. The van der Waals surface area contributed by atoms with Gasteiger partial charge in [-0.05, 0) is 32.9 Å². The number of aliphatic imine (C=N–C) groups is 1. The van der Waals surface area contributed by atoms with Gasteiger partial charge in [-0.25, -0.2) is 4.99 Å². The van der Waals surface area contributed by atoms with Gasteiger partial charge in [-0.2, -0.15) is 0 Å². The van der Waals surface area contributed by atoms with E-state index in [2.05, 4.69) is 11.6 Å². The fourth-order valence-electron chi connectivity index (χ4n) is 0.984. The van der Waals surface area contributed by atoms with Crippen LogP contribution in [0, 0.1) is 0 Å². The van der Waals surface area contributed by atoms with E-state index in [9.17, 15) is 0 Å². The number of hydrogen-bond donors (Lipinski definition) is 1. The second-order valence-corrected chi connectivity index (χ2v) is 3.72. The van der Waals surface area contributed by atoms with Gasteiger partial charge in [0, 0.05) is 11.3 Å². The monoisotopic (exact) mass is 280 g/mol. The molecule has 0 fully saturated rings. The Morgan fingerprint density at radius 1 is 1.26 bits per heavy atom. The van der Waals surface area contributed by atoms with Crippen LogP contribution in [0.1, 0.15) is 40.2 Å². The summed E-state index contributed by atoms with van der Waals surface area (Å²) in [5.41, 5.74) is 7.45. The predicted octanol–water partition coefficient (Wildman–Crippen LogP) is 5.19. The molecular formula is C16H25ClN2. The van der Waals surface area contributed by atoms with E-state index in [1.165, 1.54) is 0 Å². The van der Waals surface area contributed by atoms with Crippen LogP contribution in [0.15, 0.2) is 53.7 Å². The minimum Gasteiger partial charge on any atom is -0.383 e. The van der Waals surface area contributed by atoms with E-state index in [4.69, 9.17) is 17.3 Å². The lowest BCUT2D eigenvalue weighted by molar-refractivity contribution is 1.27. The molecule has 0 unspecified atom stereocenters. The highest BCUT2D eigenvalue weighted by Gasteiger charge is 2.02. The van der Waals surface area contributed by atoms with E-state index in [0.29, 0.717) is 10.9 Å². The molecule has 0 spiro atoms. The Labute approximate surface area is 122 Å². The molecule has 0 aromatic heterocycles. The third-order valence-corrected chi connectivity index (χ3v) is 2.19. The van der Waals surface area contributed by atoms with Crippen molar-refractivity contribution in [3.05, 3.63) is 59.3 Å². The number of benzene rings is 1. The number of allylic oxidation sites excluding steroid dienone is 3. The lowest BCUT2D eigenvalue weighted by atomic mass is 10.2. The quantitative estimate of drug-likeness (QED) is 0.452. The van der Waals surface area contributed by atoms with Gasteiger partial charge < -0.3 is 5.73 Å². The van der Waals surface area contributed by atoms with E-state index in [-0.39, 0.29) is 0 Å². The Morgan fingerprint density at radius 2 is 1.74 bits per heavy atom. The van der Waals surface area contributed by atoms with Crippen molar-refractivity contribution >= 4 is 17.4 Å². The van der Waals surface area contributed by atoms with Gasteiger partial charge in [0.25, 0.3) is 0 Å². The summed E-state index contributed by atoms with van der Waals surface area (Å²) in [6.07, 6.45) is 3.64. The third-order valence-electron chi connectivity index (χ3n) is 1.86. The maximum Gasteiger partial charge on any atom is 0.132 e. The van der Waals surface area contributed by atoms with Crippen molar-refractivity contribution in [2.75, 3.05) is 0 Å². The van der Waals surface area contributed by atoms with Gasteiger partial charge in [-0.1, -0.05) is 49.7 Å². The van der Waals surface area contributed by atoms with Crippen LogP contribution in [0.2, 0.25) is 5.02 Å². The molecular weight excluding hydrogens is 256 g/mol. The number of hydrogen-bond acceptors (Lipinski definition) is 1. The number of amidine groups is 1. The van der Waals surface area contributed by atoms with E-state index >= 15 is 0 Å². The van der Waals surface area contributed by atoms with Crippen molar-refractivity contribution in [3.8, 4) is 0 Å². The topological polar surface area (TPSA) is 38.4 Å². The van der Waals surface area contributed by atoms with E-state index in [1.807, 2.05) is 58.9 Å². The average Bonchev–Trinajstić information content (AvgIpc) is 2.42. The molecule has 0 aliphatic rings. The predicted molar refractivity (Wildman–Crippen MR) is 88.8 cm³/mol. The van der Waals surface area contributed by atoms with Crippen molar-refractivity contribution in [3.63, 3.8) is 0 Å². The summed E-state index contributed by atoms with van der Waals surface area (Å²) in [5.74, 6) is 0.450. The van der Waals surface area contributed by atoms with Crippen molar-refractivity contribution in [2.24, 2.45) is 10.7 Å². The van der Waals surface area contributed by atoms with Crippen LogP contribution in [0.3, 0.4) is 0 Å². The van der Waals surface area contributed by atoms with E-state index < -0.39 is 0 Å². The van der Waals surface area contributed by atoms with Crippen molar-refractivity contribution in [2.45, 2.75) is 34.6 Å². The molecule has 0 aliphatic carbocycles. The second-order valence-electron chi connectivity index (χ2n) is 3.32. The summed E-state index contributed by atoms with van der Waals surface area (Å²) < 4.78 is 0. The standard InChI is InChI=1S/C11H13ClN2.C3H6.C2H6/c1-3-8(2)14-11(13)9-6-4-5-7-10(9)12;1-3-2;1-2/h3-7H,1-2H3,(H2,13,14);3H,1H2,2H3;1-2H3/b8-3+;;. The summed E-state index contributed by atoms with van der Waals surface area (Å²) in [4.78, 5) is 4.20. The zero-order valence-corrected chi connectivity index (χ0v) is 13.3. The summed E-state index contributed by atoms with van der Waals surface area (Å²) in [6.45, 7) is 13.1. The molecule has 0 atom stereocenters. The first-order chi connectivity index (χ1) is 9.06. The normalized spacial score (nSPS) is 10.6. The Bertz CT molecular complexity index is 421. The lowest BCUT2D eigenvalue weighted by Crippen LogP contribution is -2.13. The van der Waals surface area contributed by atoms with Crippen LogP contribution in [0.5, 0.6) is 0 Å². The average molecular weight is 281 g/mol. The van der Waals surface area contributed by atoms with Gasteiger partial charge in [0.1, 0.15) is 5.84 Å². The third kappa shape index (κ3) is 9.09. The summed E-state index contributed by atoms with van der Waals surface area (Å²) in [7, 11) is 0. The lowest BCUT2D eigenvalue weighted by Gasteiger charge is -2.02. The van der Waals surface area contributed by atoms with Crippen LogP contribution in [0.4, 0.5) is 0 Å². The first-order valence-electron chi connectivity index (χ1n) is 6.35. The number of halogens is 1. The molecule has 0 radical (unpaired) electrons. The fraction of sp³-hybridized carbons (Fsp3) is 0.312. The molecule has 0 bridgehead atoms. The van der Waals surface area contributed by atoms with Gasteiger partial charge in [0.05, 0.1) is 5.02 Å². The highest BCUT2D eigenvalue weighted by Crippen LogP contribution is 2.14. The van der Waals surface area contributed by atoms with Crippen molar-refractivity contribution in [1.29, 1.82) is 0 Å². The van der Waals surface area contributed by atoms with Crippen LogP contribution in [0.25, 0.3) is 0 Å². The van der Waals surface area contributed by atoms with Crippen LogP contribution in [-0.2, 0) is 0 Å². The molecule has 0 saturated carbocycles. The molecule has 1 aromatic carbocycles. The number of rotatable bonds is 2. The second kappa shape index (κ2) is 12.9. The highest BCUT2D eigenvalue weighted by atomic mass is 35.5. The maximum absolute atomic E-state index is 5.97. The van der Waals surface area contributed by atoms with Crippen molar-refractivity contribution < 1.29 is 0 Å². The summed E-state index contributed by atoms with van der Waals surface area (Å²) in [5, 5.41) is 0.623. The van der Waals surface area contributed by atoms with Gasteiger partial charge in [-0.3, -0.25) is 0 Å². The molecule has 106 valence electrons. The molecule has 0 aliphatic heterocycles. The molecule has 1 aromatic rings. The molecule has 0 amide bonds. The Morgan fingerprint density at radius 3 is 2.16 bits per heavy atom. The largest absolute Gasteiger partial charge is 0.383 e. The van der Waals surface area contributed by atoms with Gasteiger partial charge >= 0.3 is 0 Å². The Balaban J connectivity index is 0. The zero-order chi connectivity index (χ0) is 15.3. The van der Waals surface area contributed by atoms with Gasteiger partial charge in [0.15, 0.2) is 0 Å².